The zero-order valence-corrected chi connectivity index (χ0v) is 11.6. The van der Waals surface area contributed by atoms with Crippen molar-refractivity contribution in [1.82, 2.24) is 14.4 Å². The maximum atomic E-state index is 4.59. The van der Waals surface area contributed by atoms with Crippen LogP contribution in [0.15, 0.2) is 52.8 Å². The van der Waals surface area contributed by atoms with Gasteiger partial charge in [-0.15, -0.1) is 0 Å². The largest absolute Gasteiger partial charge is 0.372 e. The van der Waals surface area contributed by atoms with Gasteiger partial charge in [-0.1, -0.05) is 29.5 Å². The number of rotatable bonds is 3. The van der Waals surface area contributed by atoms with E-state index in [0.29, 0.717) is 0 Å². The Bertz CT molecular complexity index is 720. The number of hydrogen-bond donors (Lipinski definition) is 1. The second kappa shape index (κ2) is 4.93. The number of benzene rings is 1. The molecule has 0 fully saturated rings. The molecule has 96 valence electrons. The van der Waals surface area contributed by atoms with Gasteiger partial charge in [-0.05, 0) is 19.1 Å². The molecule has 0 saturated heterocycles. The van der Waals surface area contributed by atoms with Gasteiger partial charge in [0.25, 0.3) is 0 Å². The van der Waals surface area contributed by atoms with Crippen molar-refractivity contribution in [2.24, 2.45) is 0 Å². The SMILES string of the molecule is CNc1cn2ccnc2c(Sc2cccc(C)c2)n1. The normalized spacial score (nSPS) is 10.8. The Hall–Kier alpha value is -2.01. The Morgan fingerprint density at radius 1 is 1.32 bits per heavy atom. The first-order valence-corrected chi connectivity index (χ1v) is 6.84. The van der Waals surface area contributed by atoms with E-state index in [4.69, 9.17) is 0 Å². The number of aryl methyl sites for hydroxylation is 1. The van der Waals surface area contributed by atoms with Crippen LogP contribution in [0.1, 0.15) is 5.56 Å². The van der Waals surface area contributed by atoms with Gasteiger partial charge in [0.15, 0.2) is 5.65 Å². The summed E-state index contributed by atoms with van der Waals surface area (Å²) in [6.07, 6.45) is 5.65. The predicted molar refractivity (Wildman–Crippen MR) is 77.8 cm³/mol. The number of nitrogens with zero attached hydrogens (tertiary/aromatic N) is 3. The summed E-state index contributed by atoms with van der Waals surface area (Å²) in [7, 11) is 1.87. The van der Waals surface area contributed by atoms with E-state index in [0.717, 1.165) is 16.5 Å². The molecule has 2 heterocycles. The standard InChI is InChI=1S/C14H14N4S/c1-10-4-3-5-11(8-10)19-14-13-16-6-7-18(13)9-12(15-2)17-14/h3-9,15H,1-2H3. The minimum atomic E-state index is 0.834. The third-order valence-electron chi connectivity index (χ3n) is 2.80. The molecule has 3 rings (SSSR count). The van der Waals surface area contributed by atoms with Gasteiger partial charge in [0.1, 0.15) is 10.8 Å². The minimum absolute atomic E-state index is 0.834. The highest BCUT2D eigenvalue weighted by atomic mass is 32.2. The fraction of sp³-hybridized carbons (Fsp3) is 0.143. The van der Waals surface area contributed by atoms with Crippen molar-refractivity contribution < 1.29 is 0 Å². The van der Waals surface area contributed by atoms with Crippen LogP contribution in [0.4, 0.5) is 5.82 Å². The molecule has 0 amide bonds. The highest BCUT2D eigenvalue weighted by molar-refractivity contribution is 7.99. The van der Waals surface area contributed by atoms with Gasteiger partial charge in [-0.2, -0.15) is 0 Å². The minimum Gasteiger partial charge on any atom is -0.372 e. The number of nitrogens with one attached hydrogen (secondary N) is 1. The highest BCUT2D eigenvalue weighted by Crippen LogP contribution is 2.30. The molecule has 0 aliphatic heterocycles. The first kappa shape index (κ1) is 12.0. The first-order chi connectivity index (χ1) is 9.26. The first-order valence-electron chi connectivity index (χ1n) is 6.02. The maximum absolute atomic E-state index is 4.59. The summed E-state index contributed by atoms with van der Waals surface area (Å²) in [4.78, 5) is 10.1. The maximum Gasteiger partial charge on any atom is 0.170 e. The molecule has 1 N–H and O–H groups in total. The summed E-state index contributed by atoms with van der Waals surface area (Å²) in [6, 6.07) is 8.39. The van der Waals surface area contributed by atoms with Gasteiger partial charge in [-0.3, -0.25) is 0 Å². The second-order valence-electron chi connectivity index (χ2n) is 4.26. The van der Waals surface area contributed by atoms with Gasteiger partial charge in [0, 0.05) is 24.3 Å². The van der Waals surface area contributed by atoms with Gasteiger partial charge in [0.2, 0.25) is 0 Å². The summed E-state index contributed by atoms with van der Waals surface area (Å²) in [5, 5.41) is 3.98. The lowest BCUT2D eigenvalue weighted by atomic mass is 10.2. The molecule has 4 nitrogen and oxygen atoms in total. The molecular weight excluding hydrogens is 256 g/mol. The third-order valence-corrected chi connectivity index (χ3v) is 3.76. The molecule has 0 unspecified atom stereocenters. The van der Waals surface area contributed by atoms with Gasteiger partial charge >= 0.3 is 0 Å². The zero-order chi connectivity index (χ0) is 13.2. The molecule has 0 aliphatic rings. The van der Waals surface area contributed by atoms with Crippen LogP contribution in [-0.4, -0.2) is 21.4 Å². The van der Waals surface area contributed by atoms with Crippen molar-refractivity contribution in [2.75, 3.05) is 12.4 Å². The van der Waals surface area contributed by atoms with Crippen molar-refractivity contribution in [2.45, 2.75) is 16.8 Å². The number of aromatic nitrogens is 3. The van der Waals surface area contributed by atoms with Crippen LogP contribution in [0.2, 0.25) is 0 Å². The molecule has 0 spiro atoms. The molecule has 3 aromatic rings. The monoisotopic (exact) mass is 270 g/mol. The van der Waals surface area contributed by atoms with E-state index in [1.807, 2.05) is 23.8 Å². The van der Waals surface area contributed by atoms with Crippen LogP contribution in [-0.2, 0) is 0 Å². The molecule has 0 bridgehead atoms. The average Bonchev–Trinajstić information content (AvgIpc) is 2.87. The van der Waals surface area contributed by atoms with E-state index in [2.05, 4.69) is 46.5 Å². The van der Waals surface area contributed by atoms with E-state index in [1.165, 1.54) is 10.5 Å². The van der Waals surface area contributed by atoms with E-state index in [-0.39, 0.29) is 0 Å². The molecule has 0 saturated carbocycles. The van der Waals surface area contributed by atoms with Crippen molar-refractivity contribution in [3.05, 3.63) is 48.4 Å². The van der Waals surface area contributed by atoms with Crippen LogP contribution in [0, 0.1) is 6.92 Å². The van der Waals surface area contributed by atoms with Crippen molar-refractivity contribution >= 4 is 23.2 Å². The van der Waals surface area contributed by atoms with Crippen LogP contribution >= 0.6 is 11.8 Å². The topological polar surface area (TPSA) is 42.2 Å². The Balaban J connectivity index is 2.06. The molecule has 0 atom stereocenters. The van der Waals surface area contributed by atoms with E-state index < -0.39 is 0 Å². The quantitative estimate of drug-likeness (QED) is 0.793. The van der Waals surface area contributed by atoms with Crippen molar-refractivity contribution in [3.63, 3.8) is 0 Å². The van der Waals surface area contributed by atoms with E-state index >= 15 is 0 Å². The number of imidazole rings is 1. The van der Waals surface area contributed by atoms with Crippen molar-refractivity contribution in [3.8, 4) is 0 Å². The third kappa shape index (κ3) is 2.42. The van der Waals surface area contributed by atoms with E-state index in [1.54, 1.807) is 18.0 Å². The average molecular weight is 270 g/mol. The van der Waals surface area contributed by atoms with Gasteiger partial charge in [0.05, 0.1) is 6.20 Å². The summed E-state index contributed by atoms with van der Waals surface area (Å²) >= 11 is 1.63. The summed E-state index contributed by atoms with van der Waals surface area (Å²) in [6.45, 7) is 2.09. The van der Waals surface area contributed by atoms with Crippen LogP contribution < -0.4 is 5.32 Å². The van der Waals surface area contributed by atoms with Crippen LogP contribution in [0.3, 0.4) is 0 Å². The zero-order valence-electron chi connectivity index (χ0n) is 10.8. The molecule has 5 heteroatoms. The molecule has 0 aliphatic carbocycles. The van der Waals surface area contributed by atoms with Gasteiger partial charge < -0.3 is 9.72 Å². The fourth-order valence-corrected chi connectivity index (χ4v) is 2.89. The Labute approximate surface area is 115 Å². The molecule has 2 aromatic heterocycles. The lowest BCUT2D eigenvalue weighted by Gasteiger charge is -2.07. The van der Waals surface area contributed by atoms with Crippen LogP contribution in [0.5, 0.6) is 0 Å². The molecular formula is C14H14N4S. The summed E-state index contributed by atoms with van der Waals surface area (Å²) in [5.41, 5.74) is 2.12. The molecule has 1 aromatic carbocycles. The Morgan fingerprint density at radius 3 is 3.00 bits per heavy atom. The smallest absolute Gasteiger partial charge is 0.170 e. The molecule has 0 radical (unpaired) electrons. The Morgan fingerprint density at radius 2 is 2.21 bits per heavy atom. The predicted octanol–water partition coefficient (Wildman–Crippen LogP) is 3.23. The van der Waals surface area contributed by atoms with Crippen molar-refractivity contribution in [1.29, 1.82) is 0 Å². The summed E-state index contributed by atoms with van der Waals surface area (Å²) < 4.78 is 1.98. The number of fused-ring (bicyclic) bond motifs is 1. The number of anilines is 1. The number of hydrogen-bond acceptors (Lipinski definition) is 4. The fourth-order valence-electron chi connectivity index (χ4n) is 1.88. The van der Waals surface area contributed by atoms with Gasteiger partial charge in [-0.25, -0.2) is 9.97 Å². The van der Waals surface area contributed by atoms with E-state index in [9.17, 15) is 0 Å². The second-order valence-corrected chi connectivity index (χ2v) is 5.32. The summed E-state index contributed by atoms with van der Waals surface area (Å²) in [5.74, 6) is 0.834. The highest BCUT2D eigenvalue weighted by Gasteiger charge is 2.08. The lowest BCUT2D eigenvalue weighted by molar-refractivity contribution is 1.03. The Kier molecular flexibility index (Phi) is 3.13. The molecule has 19 heavy (non-hydrogen) atoms. The lowest BCUT2D eigenvalue weighted by Crippen LogP contribution is -1.98. The van der Waals surface area contributed by atoms with Crippen LogP contribution in [0.25, 0.3) is 5.65 Å².